The largest absolute Gasteiger partial charge is 0.489 e. The van der Waals surface area contributed by atoms with Crippen molar-refractivity contribution in [2.24, 2.45) is 0 Å². The van der Waals surface area contributed by atoms with Gasteiger partial charge in [-0.25, -0.2) is 4.79 Å². The maximum absolute atomic E-state index is 13.1. The van der Waals surface area contributed by atoms with Gasteiger partial charge < -0.3 is 9.84 Å². The Hall–Kier alpha value is -3.42. The number of thioether (sulfide) groups is 1. The molecule has 33 heavy (non-hydrogen) atoms. The topological polar surface area (TPSA) is 66.8 Å². The van der Waals surface area contributed by atoms with Crippen LogP contribution in [0.3, 0.4) is 0 Å². The zero-order chi connectivity index (χ0) is 23.4. The first-order chi connectivity index (χ1) is 15.9. The van der Waals surface area contributed by atoms with Crippen LogP contribution in [0, 0.1) is 6.92 Å². The van der Waals surface area contributed by atoms with Crippen molar-refractivity contribution in [3.05, 3.63) is 106 Å². The van der Waals surface area contributed by atoms with Gasteiger partial charge in [0.05, 0.1) is 4.91 Å². The van der Waals surface area contributed by atoms with E-state index < -0.39 is 17.9 Å². The van der Waals surface area contributed by atoms with Gasteiger partial charge >= 0.3 is 5.97 Å². The third-order valence-corrected chi connectivity index (χ3v) is 6.43. The molecule has 1 N–H and O–H groups in total. The van der Waals surface area contributed by atoms with E-state index in [2.05, 4.69) is 6.07 Å². The van der Waals surface area contributed by atoms with Crippen LogP contribution in [0.2, 0.25) is 0 Å². The van der Waals surface area contributed by atoms with Crippen molar-refractivity contribution in [1.29, 1.82) is 0 Å². The molecule has 0 spiro atoms. The summed E-state index contributed by atoms with van der Waals surface area (Å²) in [6.07, 6.45) is 1.72. The lowest BCUT2D eigenvalue weighted by atomic mass is 10.1. The van der Waals surface area contributed by atoms with E-state index in [1.807, 2.05) is 49.4 Å². The van der Waals surface area contributed by atoms with Gasteiger partial charge in [0.25, 0.3) is 5.91 Å². The lowest BCUT2D eigenvalue weighted by Crippen LogP contribution is -2.37. The van der Waals surface area contributed by atoms with E-state index in [9.17, 15) is 14.7 Å². The molecule has 166 valence electrons. The normalized spacial score (nSPS) is 15.7. The highest BCUT2D eigenvalue weighted by Crippen LogP contribution is 2.38. The molecule has 4 rings (SSSR count). The maximum atomic E-state index is 13.1. The van der Waals surface area contributed by atoms with Crippen LogP contribution in [0.25, 0.3) is 6.08 Å². The zero-order valence-corrected chi connectivity index (χ0v) is 19.4. The first-order valence-corrected chi connectivity index (χ1v) is 11.5. The van der Waals surface area contributed by atoms with Crippen molar-refractivity contribution in [3.63, 3.8) is 0 Å². The SMILES string of the molecule is Cc1cccc(COc2ccc(/C=C3/SC(=S)N(C(C(=O)O)c4ccccc4)C3=O)cc2)c1. The average Bonchev–Trinajstić information content (AvgIpc) is 3.07. The third-order valence-electron chi connectivity index (χ3n) is 5.10. The molecule has 0 aliphatic carbocycles. The van der Waals surface area contributed by atoms with Gasteiger partial charge in [-0.1, -0.05) is 96.3 Å². The molecule has 0 radical (unpaired) electrons. The predicted molar refractivity (Wildman–Crippen MR) is 134 cm³/mol. The molecule has 3 aromatic carbocycles. The van der Waals surface area contributed by atoms with Crippen LogP contribution in [0.1, 0.15) is 28.3 Å². The fourth-order valence-electron chi connectivity index (χ4n) is 3.52. The Bertz CT molecular complexity index is 1220. The van der Waals surface area contributed by atoms with E-state index in [-0.39, 0.29) is 4.32 Å². The van der Waals surface area contributed by atoms with Crippen LogP contribution in [-0.2, 0) is 16.2 Å². The van der Waals surface area contributed by atoms with E-state index in [1.165, 1.54) is 10.5 Å². The molecule has 0 saturated carbocycles. The fourth-order valence-corrected chi connectivity index (χ4v) is 4.83. The van der Waals surface area contributed by atoms with Crippen LogP contribution >= 0.6 is 24.0 Å². The molecule has 1 amide bonds. The van der Waals surface area contributed by atoms with E-state index >= 15 is 0 Å². The molecule has 0 aromatic heterocycles. The number of benzene rings is 3. The molecule has 1 atom stereocenters. The number of hydrogen-bond donors (Lipinski definition) is 1. The molecular weight excluding hydrogens is 454 g/mol. The molecule has 1 aliphatic rings. The lowest BCUT2D eigenvalue weighted by molar-refractivity contribution is -0.145. The molecule has 1 saturated heterocycles. The van der Waals surface area contributed by atoms with Crippen molar-refractivity contribution in [2.75, 3.05) is 0 Å². The van der Waals surface area contributed by atoms with Crippen molar-refractivity contribution in [3.8, 4) is 5.75 Å². The average molecular weight is 476 g/mol. The highest BCUT2D eigenvalue weighted by molar-refractivity contribution is 8.26. The summed E-state index contributed by atoms with van der Waals surface area (Å²) < 4.78 is 6.07. The number of aryl methyl sites for hydroxylation is 1. The number of nitrogens with zero attached hydrogens (tertiary/aromatic N) is 1. The number of carbonyl (C=O) groups is 2. The molecule has 1 heterocycles. The summed E-state index contributed by atoms with van der Waals surface area (Å²) in [5.74, 6) is -0.828. The number of thiocarbonyl (C=S) groups is 1. The van der Waals surface area contributed by atoms with Crippen molar-refractivity contribution >= 4 is 46.3 Å². The number of carbonyl (C=O) groups excluding carboxylic acids is 1. The summed E-state index contributed by atoms with van der Waals surface area (Å²) in [5.41, 5.74) is 3.57. The number of rotatable bonds is 7. The van der Waals surface area contributed by atoms with Crippen molar-refractivity contribution < 1.29 is 19.4 Å². The minimum atomic E-state index is -1.16. The molecule has 7 heteroatoms. The molecule has 1 fully saturated rings. The first kappa shape index (κ1) is 22.8. The summed E-state index contributed by atoms with van der Waals surface area (Å²) in [4.78, 5) is 26.6. The Balaban J connectivity index is 1.48. The van der Waals surface area contributed by atoms with Gasteiger partial charge in [-0.05, 0) is 41.8 Å². The number of ether oxygens (including phenoxy) is 1. The second kappa shape index (κ2) is 10.0. The van der Waals surface area contributed by atoms with Gasteiger partial charge in [0.15, 0.2) is 6.04 Å². The third kappa shape index (κ3) is 5.32. The molecule has 3 aromatic rings. The minimum absolute atomic E-state index is 0.223. The predicted octanol–water partition coefficient (Wildman–Crippen LogP) is 5.60. The molecule has 1 unspecified atom stereocenters. The maximum Gasteiger partial charge on any atom is 0.331 e. The minimum Gasteiger partial charge on any atom is -0.489 e. The van der Waals surface area contributed by atoms with Gasteiger partial charge in [-0.3, -0.25) is 9.69 Å². The van der Waals surface area contributed by atoms with Gasteiger partial charge in [0.1, 0.15) is 16.7 Å². The van der Waals surface area contributed by atoms with Crippen LogP contribution in [-0.4, -0.2) is 26.2 Å². The van der Waals surface area contributed by atoms with Crippen molar-refractivity contribution in [2.45, 2.75) is 19.6 Å². The van der Waals surface area contributed by atoms with E-state index in [1.54, 1.807) is 36.4 Å². The summed E-state index contributed by atoms with van der Waals surface area (Å²) in [7, 11) is 0. The second-order valence-electron chi connectivity index (χ2n) is 7.55. The van der Waals surface area contributed by atoms with Gasteiger partial charge in [-0.15, -0.1) is 0 Å². The molecule has 0 bridgehead atoms. The number of aliphatic carboxylic acids is 1. The highest BCUT2D eigenvalue weighted by atomic mass is 32.2. The van der Waals surface area contributed by atoms with Crippen LogP contribution in [0.15, 0.2) is 83.8 Å². The molecule has 5 nitrogen and oxygen atoms in total. The summed E-state index contributed by atoms with van der Waals surface area (Å²) >= 11 is 6.47. The Morgan fingerprint density at radius 1 is 1.09 bits per heavy atom. The quantitative estimate of drug-likeness (QED) is 0.354. The van der Waals surface area contributed by atoms with E-state index in [0.717, 1.165) is 28.6 Å². The Labute approximate surface area is 201 Å². The standard InChI is InChI=1S/C26H21NO4S2/c1-17-6-5-7-19(14-17)16-31-21-12-10-18(11-13-21)15-22-24(28)27(26(32)33-22)23(25(29)30)20-8-3-2-4-9-20/h2-15,23H,16H2,1H3,(H,29,30)/b22-15+. The monoisotopic (exact) mass is 475 g/mol. The molecule has 1 aliphatic heterocycles. The smallest absolute Gasteiger partial charge is 0.331 e. The van der Waals surface area contributed by atoms with E-state index in [0.29, 0.717) is 17.1 Å². The van der Waals surface area contributed by atoms with Crippen LogP contribution in [0.4, 0.5) is 0 Å². The number of hydrogen-bond acceptors (Lipinski definition) is 5. The number of carboxylic acids is 1. The van der Waals surface area contributed by atoms with Gasteiger partial charge in [0, 0.05) is 0 Å². The Morgan fingerprint density at radius 2 is 1.82 bits per heavy atom. The Kier molecular flexibility index (Phi) is 6.91. The lowest BCUT2D eigenvalue weighted by Gasteiger charge is -2.23. The number of carboxylic acid groups (broad SMARTS) is 1. The van der Waals surface area contributed by atoms with E-state index in [4.69, 9.17) is 17.0 Å². The van der Waals surface area contributed by atoms with Gasteiger partial charge in [-0.2, -0.15) is 0 Å². The van der Waals surface area contributed by atoms with Crippen LogP contribution in [0.5, 0.6) is 5.75 Å². The molecular formula is C26H21NO4S2. The van der Waals surface area contributed by atoms with Crippen LogP contribution < -0.4 is 4.74 Å². The van der Waals surface area contributed by atoms with Gasteiger partial charge in [0.2, 0.25) is 0 Å². The zero-order valence-electron chi connectivity index (χ0n) is 17.8. The number of amides is 1. The highest BCUT2D eigenvalue weighted by Gasteiger charge is 2.41. The summed E-state index contributed by atoms with van der Waals surface area (Å²) in [5, 5.41) is 9.78. The second-order valence-corrected chi connectivity index (χ2v) is 9.23. The Morgan fingerprint density at radius 3 is 2.48 bits per heavy atom. The van der Waals surface area contributed by atoms with Crippen molar-refractivity contribution in [1.82, 2.24) is 4.90 Å². The fraction of sp³-hybridized carbons (Fsp3) is 0.115. The summed E-state index contributed by atoms with van der Waals surface area (Å²) in [6.45, 7) is 2.51. The first-order valence-electron chi connectivity index (χ1n) is 10.3. The summed E-state index contributed by atoms with van der Waals surface area (Å²) in [6, 6.07) is 23.0.